The molecule has 10 heteroatoms. The van der Waals surface area contributed by atoms with Crippen molar-refractivity contribution >= 4 is 35.0 Å². The number of nitrogens with zero attached hydrogens (tertiary/aromatic N) is 3. The van der Waals surface area contributed by atoms with Crippen LogP contribution in [0.5, 0.6) is 11.5 Å². The Morgan fingerprint density at radius 3 is 2.69 bits per heavy atom. The van der Waals surface area contributed by atoms with Crippen LogP contribution in [0.15, 0.2) is 46.3 Å². The van der Waals surface area contributed by atoms with Gasteiger partial charge < -0.3 is 9.47 Å². The highest BCUT2D eigenvalue weighted by Crippen LogP contribution is 2.43. The van der Waals surface area contributed by atoms with Crippen molar-refractivity contribution < 1.29 is 19.0 Å². The third-order valence-corrected chi connectivity index (χ3v) is 6.09. The van der Waals surface area contributed by atoms with Crippen molar-refractivity contribution in [3.8, 4) is 22.8 Å². The predicted molar refractivity (Wildman–Crippen MR) is 123 cm³/mol. The molecule has 1 N–H and O–H groups in total. The first-order valence-electron chi connectivity index (χ1n) is 9.90. The van der Waals surface area contributed by atoms with E-state index in [-0.39, 0.29) is 11.5 Å². The van der Waals surface area contributed by atoms with Crippen molar-refractivity contribution in [3.05, 3.63) is 57.3 Å². The number of hydrogen-bond donors (Lipinski definition) is 1. The van der Waals surface area contributed by atoms with Crippen LogP contribution in [0.3, 0.4) is 0 Å². The minimum Gasteiger partial charge on any atom is -0.493 e. The molecule has 2 aromatic carbocycles. The number of para-hydroxylation sites is 1. The second-order valence-corrected chi connectivity index (χ2v) is 8.68. The predicted octanol–water partition coefficient (Wildman–Crippen LogP) is 3.42. The minimum atomic E-state index is -0.821. The van der Waals surface area contributed by atoms with E-state index in [4.69, 9.17) is 26.2 Å². The number of carbonyl (C=O) groups excluding carboxylic acids is 1. The first kappa shape index (κ1) is 22.2. The lowest BCUT2D eigenvalue weighted by molar-refractivity contribution is -0.763. The molecule has 1 aliphatic heterocycles. The number of ether oxygens (including phenoxy) is 2. The van der Waals surface area contributed by atoms with Gasteiger partial charge in [-0.25, -0.2) is 4.90 Å². The van der Waals surface area contributed by atoms with Gasteiger partial charge in [-0.15, -0.1) is 0 Å². The van der Waals surface area contributed by atoms with Gasteiger partial charge in [0.1, 0.15) is 0 Å². The Bertz CT molecular complexity index is 1260. The number of aromatic nitrogens is 3. The highest BCUT2D eigenvalue weighted by atomic mass is 35.5. The summed E-state index contributed by atoms with van der Waals surface area (Å²) in [5.74, 6) is 1.30. The van der Waals surface area contributed by atoms with Crippen LogP contribution in [-0.4, -0.2) is 36.0 Å². The molecular weight excluding hydrogens is 452 g/mol. The Kier molecular flexibility index (Phi) is 6.12. The molecule has 1 aromatic heterocycles. The van der Waals surface area contributed by atoms with Gasteiger partial charge in [-0.2, -0.15) is 0 Å². The lowest BCUT2D eigenvalue weighted by atomic mass is 10.0. The summed E-state index contributed by atoms with van der Waals surface area (Å²) in [6, 6.07) is 10.6. The zero-order valence-corrected chi connectivity index (χ0v) is 19.6. The number of hydrogen-bond acceptors (Lipinski definition) is 6. The number of nitrogens with one attached hydrogen (secondary N) is 1. The zero-order valence-electron chi connectivity index (χ0n) is 18.0. The molecule has 8 nitrogen and oxygen atoms in total. The topological polar surface area (TPSA) is 88.4 Å². The molecule has 1 amide bonds. The number of thioether (sulfide) groups is 1. The molecule has 0 fully saturated rings. The monoisotopic (exact) mass is 473 g/mol. The standard InChI is InChI=1S/C22H21ClN4O4S/c1-5-32-22-24-20(29)18-14-8-6-7-9-16(14)26(12(2)28)21(27(18)25-22)15-10-13(23)11-17(30-3)19(15)31-4/h6-11,21H,5H2,1-4H3/p+1. The number of aromatic amines is 1. The van der Waals surface area contributed by atoms with Crippen molar-refractivity contribution in [1.29, 1.82) is 0 Å². The van der Waals surface area contributed by atoms with Crippen LogP contribution < -0.4 is 24.6 Å². The molecule has 0 bridgehead atoms. The summed E-state index contributed by atoms with van der Waals surface area (Å²) in [6.45, 7) is 3.44. The largest absolute Gasteiger partial charge is 0.493 e. The van der Waals surface area contributed by atoms with Crippen LogP contribution in [0.1, 0.15) is 25.6 Å². The molecule has 2 heterocycles. The quantitative estimate of drug-likeness (QED) is 0.451. The fourth-order valence-corrected chi connectivity index (χ4v) is 4.75. The first-order valence-corrected chi connectivity index (χ1v) is 11.3. The molecule has 1 aliphatic rings. The van der Waals surface area contributed by atoms with Gasteiger partial charge in [0.2, 0.25) is 11.1 Å². The summed E-state index contributed by atoms with van der Waals surface area (Å²) in [5, 5.41) is 5.55. The molecule has 0 saturated carbocycles. The fourth-order valence-electron chi connectivity index (χ4n) is 3.95. The summed E-state index contributed by atoms with van der Waals surface area (Å²) >= 11 is 7.80. The van der Waals surface area contributed by atoms with Crippen LogP contribution >= 0.6 is 23.4 Å². The number of rotatable bonds is 5. The zero-order chi connectivity index (χ0) is 23.0. The Hall–Kier alpha value is -3.04. The molecule has 0 radical (unpaired) electrons. The normalized spacial score (nSPS) is 14.5. The number of fused-ring (bicyclic) bond motifs is 3. The minimum absolute atomic E-state index is 0.228. The Labute approximate surface area is 194 Å². The number of amides is 1. The molecule has 166 valence electrons. The molecule has 0 spiro atoms. The van der Waals surface area contributed by atoms with Gasteiger partial charge in [-0.05, 0) is 28.6 Å². The van der Waals surface area contributed by atoms with Crippen molar-refractivity contribution in [2.24, 2.45) is 0 Å². The summed E-state index contributed by atoms with van der Waals surface area (Å²) in [7, 11) is 3.02. The van der Waals surface area contributed by atoms with E-state index in [1.54, 1.807) is 33.8 Å². The Balaban J connectivity index is 2.13. The first-order chi connectivity index (χ1) is 15.4. The fraction of sp³-hybridized carbons (Fsp3) is 0.273. The van der Waals surface area contributed by atoms with Crippen LogP contribution in [0.25, 0.3) is 11.3 Å². The van der Waals surface area contributed by atoms with Crippen molar-refractivity contribution in [2.75, 3.05) is 24.9 Å². The summed E-state index contributed by atoms with van der Waals surface area (Å²) in [6.07, 6.45) is -0.821. The maximum Gasteiger partial charge on any atom is 0.325 e. The average Bonchev–Trinajstić information content (AvgIpc) is 2.77. The molecule has 32 heavy (non-hydrogen) atoms. The lowest BCUT2D eigenvalue weighted by Gasteiger charge is -2.32. The van der Waals surface area contributed by atoms with Gasteiger partial charge in [-0.1, -0.05) is 42.4 Å². The SMILES string of the molecule is CCSc1n[n+]2c(c(=O)[nH]1)-c1ccccc1N(C(C)=O)C2c1cc(Cl)cc(OC)c1OC. The number of benzene rings is 2. The van der Waals surface area contributed by atoms with E-state index < -0.39 is 6.17 Å². The highest BCUT2D eigenvalue weighted by Gasteiger charge is 2.46. The number of methoxy groups -OCH3 is 2. The molecular formula is C22H22ClN4O4S+. The van der Waals surface area contributed by atoms with Crippen LogP contribution in [0, 0.1) is 0 Å². The molecule has 1 unspecified atom stereocenters. The van der Waals surface area contributed by atoms with E-state index in [0.717, 1.165) is 0 Å². The van der Waals surface area contributed by atoms with Crippen LogP contribution in [0.2, 0.25) is 5.02 Å². The van der Waals surface area contributed by atoms with E-state index in [1.165, 1.54) is 32.9 Å². The van der Waals surface area contributed by atoms with Crippen molar-refractivity contribution in [2.45, 2.75) is 25.2 Å². The van der Waals surface area contributed by atoms with E-state index >= 15 is 0 Å². The Morgan fingerprint density at radius 2 is 2.03 bits per heavy atom. The average molecular weight is 474 g/mol. The second kappa shape index (κ2) is 8.84. The maximum atomic E-state index is 13.2. The third-order valence-electron chi connectivity index (χ3n) is 5.13. The van der Waals surface area contributed by atoms with Gasteiger partial charge in [0, 0.05) is 23.1 Å². The van der Waals surface area contributed by atoms with E-state index in [9.17, 15) is 9.59 Å². The lowest BCUT2D eigenvalue weighted by Crippen LogP contribution is -2.60. The van der Waals surface area contributed by atoms with Crippen molar-refractivity contribution in [1.82, 2.24) is 10.1 Å². The smallest absolute Gasteiger partial charge is 0.325 e. The number of anilines is 1. The van der Waals surface area contributed by atoms with Crippen LogP contribution in [-0.2, 0) is 4.79 Å². The van der Waals surface area contributed by atoms with Gasteiger partial charge >= 0.3 is 11.3 Å². The molecule has 3 aromatic rings. The van der Waals surface area contributed by atoms with Gasteiger partial charge in [0.25, 0.3) is 6.17 Å². The van der Waals surface area contributed by atoms with Gasteiger partial charge in [0.15, 0.2) is 11.5 Å². The molecule has 0 saturated heterocycles. The van der Waals surface area contributed by atoms with Crippen LogP contribution in [0.4, 0.5) is 5.69 Å². The van der Waals surface area contributed by atoms with Gasteiger partial charge in [0.05, 0.1) is 31.0 Å². The molecule has 1 atom stereocenters. The van der Waals surface area contributed by atoms with E-state index in [2.05, 4.69) is 4.98 Å². The highest BCUT2D eigenvalue weighted by molar-refractivity contribution is 7.99. The number of carbonyl (C=O) groups is 1. The number of halogens is 1. The maximum absolute atomic E-state index is 13.2. The Morgan fingerprint density at radius 1 is 1.28 bits per heavy atom. The molecule has 4 rings (SSSR count). The summed E-state index contributed by atoms with van der Waals surface area (Å²) < 4.78 is 12.7. The number of H-pyrrole nitrogens is 1. The third kappa shape index (κ3) is 3.61. The summed E-state index contributed by atoms with van der Waals surface area (Å²) in [4.78, 5) is 30.6. The van der Waals surface area contributed by atoms with E-state index in [1.807, 2.05) is 19.1 Å². The molecule has 0 aliphatic carbocycles. The second-order valence-electron chi connectivity index (χ2n) is 7.00. The summed E-state index contributed by atoms with van der Waals surface area (Å²) in [5.41, 5.74) is 1.77. The van der Waals surface area contributed by atoms with Crippen molar-refractivity contribution in [3.63, 3.8) is 0 Å². The van der Waals surface area contributed by atoms with Gasteiger partial charge in [-0.3, -0.25) is 14.6 Å². The van der Waals surface area contributed by atoms with E-state index in [0.29, 0.717) is 49.9 Å².